The minimum absolute atomic E-state index is 0.0816. The second-order valence-electron chi connectivity index (χ2n) is 5.07. The van der Waals surface area contributed by atoms with Gasteiger partial charge in [-0.1, -0.05) is 23.8 Å². The van der Waals surface area contributed by atoms with Crippen LogP contribution in [0.3, 0.4) is 0 Å². The van der Waals surface area contributed by atoms with Crippen molar-refractivity contribution >= 4 is 38.8 Å². The third-order valence-corrected chi connectivity index (χ3v) is 5.73. The Labute approximate surface area is 134 Å². The number of benzene rings is 1. The van der Waals surface area contributed by atoms with Gasteiger partial charge < -0.3 is 10.5 Å². The van der Waals surface area contributed by atoms with Crippen LogP contribution < -0.4 is 10.5 Å². The van der Waals surface area contributed by atoms with E-state index in [1.165, 1.54) is 18.2 Å². The van der Waals surface area contributed by atoms with E-state index in [4.69, 9.17) is 34.3 Å². The van der Waals surface area contributed by atoms with Crippen molar-refractivity contribution in [1.29, 1.82) is 0 Å². The van der Waals surface area contributed by atoms with Gasteiger partial charge in [0, 0.05) is 19.2 Å². The smallest absolute Gasteiger partial charge is 0.240 e. The Morgan fingerprint density at radius 2 is 2.19 bits per heavy atom. The summed E-state index contributed by atoms with van der Waals surface area (Å²) in [6.45, 7) is 0.251. The van der Waals surface area contributed by atoms with Crippen LogP contribution in [0.4, 0.5) is 0 Å². The maximum atomic E-state index is 12.3. The number of ether oxygens (including phenoxy) is 1. The van der Waals surface area contributed by atoms with Crippen molar-refractivity contribution in [1.82, 2.24) is 4.72 Å². The van der Waals surface area contributed by atoms with Gasteiger partial charge in [0.25, 0.3) is 0 Å². The zero-order valence-corrected chi connectivity index (χ0v) is 13.9. The van der Waals surface area contributed by atoms with E-state index >= 15 is 0 Å². The first-order valence-electron chi connectivity index (χ1n) is 6.44. The second-order valence-corrected chi connectivity index (χ2v) is 7.69. The lowest BCUT2D eigenvalue weighted by Gasteiger charge is -2.40. The van der Waals surface area contributed by atoms with Crippen LogP contribution in [0.25, 0.3) is 0 Å². The molecule has 1 aromatic carbocycles. The fraction of sp³-hybridized carbons (Fsp3) is 0.462. The molecule has 0 saturated heterocycles. The van der Waals surface area contributed by atoms with Crippen LogP contribution in [0.2, 0.25) is 5.02 Å². The zero-order chi connectivity index (χ0) is 15.7. The highest BCUT2D eigenvalue weighted by atomic mass is 35.5. The van der Waals surface area contributed by atoms with Gasteiger partial charge in [0.2, 0.25) is 10.0 Å². The van der Waals surface area contributed by atoms with Gasteiger partial charge in [-0.25, -0.2) is 13.1 Å². The Bertz CT molecular complexity index is 652. The topological polar surface area (TPSA) is 81.4 Å². The Morgan fingerprint density at radius 1 is 1.52 bits per heavy atom. The van der Waals surface area contributed by atoms with E-state index in [1.807, 2.05) is 0 Å². The van der Waals surface area contributed by atoms with Gasteiger partial charge in [0.15, 0.2) is 0 Å². The predicted octanol–water partition coefficient (Wildman–Crippen LogP) is 1.82. The van der Waals surface area contributed by atoms with E-state index in [9.17, 15) is 8.42 Å². The molecule has 1 saturated carbocycles. The number of halogens is 1. The van der Waals surface area contributed by atoms with Crippen LogP contribution in [0, 0.1) is 0 Å². The molecule has 0 bridgehead atoms. The van der Waals surface area contributed by atoms with Crippen LogP contribution in [-0.2, 0) is 14.8 Å². The molecule has 3 N–H and O–H groups in total. The van der Waals surface area contributed by atoms with Crippen molar-refractivity contribution in [3.05, 3.63) is 28.8 Å². The lowest BCUT2D eigenvalue weighted by atomic mass is 9.80. The normalized spacial score (nSPS) is 17.2. The quantitative estimate of drug-likeness (QED) is 0.766. The van der Waals surface area contributed by atoms with E-state index in [2.05, 4.69) is 4.72 Å². The second kappa shape index (κ2) is 6.18. The number of rotatable bonds is 6. The first-order chi connectivity index (χ1) is 9.80. The van der Waals surface area contributed by atoms with Crippen LogP contribution in [-0.4, -0.2) is 32.7 Å². The van der Waals surface area contributed by atoms with Crippen molar-refractivity contribution < 1.29 is 13.2 Å². The van der Waals surface area contributed by atoms with Crippen LogP contribution in [0.5, 0.6) is 0 Å². The highest BCUT2D eigenvalue weighted by molar-refractivity contribution is 7.89. The van der Waals surface area contributed by atoms with Gasteiger partial charge in [-0.3, -0.25) is 0 Å². The van der Waals surface area contributed by atoms with Crippen molar-refractivity contribution in [2.24, 2.45) is 5.73 Å². The number of nitrogens with one attached hydrogen (secondary N) is 1. The molecule has 5 nitrogen and oxygen atoms in total. The number of nitrogens with two attached hydrogens (primary N) is 1. The standard InChI is InChI=1S/C13H17ClN2O3S2/c1-19-13(5-2-6-13)8-16-21(17,18)9-3-4-10(12(15)20)11(14)7-9/h3-4,7,16H,2,5-6,8H2,1H3,(H2,15,20). The Balaban J connectivity index is 2.16. The van der Waals surface area contributed by atoms with Crippen molar-refractivity contribution in [3.63, 3.8) is 0 Å². The van der Waals surface area contributed by atoms with E-state index in [1.54, 1.807) is 7.11 Å². The summed E-state index contributed by atoms with van der Waals surface area (Å²) in [4.78, 5) is 0.211. The van der Waals surface area contributed by atoms with Crippen LogP contribution in [0.1, 0.15) is 24.8 Å². The number of hydrogen-bond acceptors (Lipinski definition) is 4. The van der Waals surface area contributed by atoms with E-state index in [-0.39, 0.29) is 27.1 Å². The van der Waals surface area contributed by atoms with Crippen molar-refractivity contribution in [2.45, 2.75) is 29.8 Å². The van der Waals surface area contributed by atoms with E-state index in [0.29, 0.717) is 5.56 Å². The van der Waals surface area contributed by atoms with Crippen molar-refractivity contribution in [2.75, 3.05) is 13.7 Å². The fourth-order valence-electron chi connectivity index (χ4n) is 2.20. The first kappa shape index (κ1) is 16.6. The number of sulfonamides is 1. The van der Waals surface area contributed by atoms with E-state index in [0.717, 1.165) is 19.3 Å². The molecule has 0 spiro atoms. The van der Waals surface area contributed by atoms with Gasteiger partial charge in [-0.15, -0.1) is 0 Å². The molecule has 1 aliphatic rings. The number of thiocarbonyl (C=S) groups is 1. The molecule has 2 rings (SSSR count). The average Bonchev–Trinajstić information content (AvgIpc) is 2.37. The SMILES string of the molecule is COC1(CNS(=O)(=O)c2ccc(C(N)=S)c(Cl)c2)CCC1. The monoisotopic (exact) mass is 348 g/mol. The Kier molecular flexibility index (Phi) is 4.89. The Hall–Kier alpha value is -0.730. The third kappa shape index (κ3) is 3.54. The molecule has 1 aromatic rings. The molecule has 0 radical (unpaired) electrons. The van der Waals surface area contributed by atoms with Gasteiger partial charge >= 0.3 is 0 Å². The number of hydrogen-bond donors (Lipinski definition) is 2. The van der Waals surface area contributed by atoms with Gasteiger partial charge in [0.1, 0.15) is 4.99 Å². The minimum Gasteiger partial charge on any atom is -0.389 e. The summed E-state index contributed by atoms with van der Waals surface area (Å²) in [6, 6.07) is 4.29. The summed E-state index contributed by atoms with van der Waals surface area (Å²) in [7, 11) is -2.04. The molecule has 1 fully saturated rings. The maximum absolute atomic E-state index is 12.3. The summed E-state index contributed by atoms with van der Waals surface area (Å²) < 4.78 is 32.5. The fourth-order valence-corrected chi connectivity index (χ4v) is 3.92. The molecule has 0 unspecified atom stereocenters. The highest BCUT2D eigenvalue weighted by Crippen LogP contribution is 2.34. The summed E-state index contributed by atoms with van der Waals surface area (Å²) >= 11 is 10.8. The lowest BCUT2D eigenvalue weighted by molar-refractivity contribution is -0.0659. The van der Waals surface area contributed by atoms with Crippen molar-refractivity contribution in [3.8, 4) is 0 Å². The highest BCUT2D eigenvalue weighted by Gasteiger charge is 2.38. The lowest BCUT2D eigenvalue weighted by Crippen LogP contribution is -2.49. The van der Waals surface area contributed by atoms with Gasteiger partial charge in [0.05, 0.1) is 15.5 Å². The molecule has 0 aromatic heterocycles. The molecule has 0 amide bonds. The third-order valence-electron chi connectivity index (χ3n) is 3.80. The first-order valence-corrected chi connectivity index (χ1v) is 8.71. The Morgan fingerprint density at radius 3 is 2.62 bits per heavy atom. The molecular weight excluding hydrogens is 332 g/mol. The molecule has 21 heavy (non-hydrogen) atoms. The summed E-state index contributed by atoms with van der Waals surface area (Å²) in [5.41, 5.74) is 5.58. The van der Waals surface area contributed by atoms with Gasteiger partial charge in [-0.05, 0) is 37.5 Å². The summed E-state index contributed by atoms with van der Waals surface area (Å²) in [6.07, 6.45) is 2.75. The summed E-state index contributed by atoms with van der Waals surface area (Å²) in [5.74, 6) is 0. The molecule has 116 valence electrons. The largest absolute Gasteiger partial charge is 0.389 e. The van der Waals surface area contributed by atoms with E-state index < -0.39 is 10.0 Å². The van der Waals surface area contributed by atoms with Crippen LogP contribution >= 0.6 is 23.8 Å². The zero-order valence-electron chi connectivity index (χ0n) is 11.6. The predicted molar refractivity (Wildman–Crippen MR) is 86.1 cm³/mol. The molecule has 0 aliphatic heterocycles. The molecular formula is C13H17ClN2O3S2. The number of methoxy groups -OCH3 is 1. The molecule has 0 atom stereocenters. The van der Waals surface area contributed by atoms with Crippen LogP contribution in [0.15, 0.2) is 23.1 Å². The average molecular weight is 349 g/mol. The molecule has 8 heteroatoms. The minimum atomic E-state index is -3.64. The molecule has 0 heterocycles. The summed E-state index contributed by atoms with van der Waals surface area (Å²) in [5, 5.41) is 0.218. The maximum Gasteiger partial charge on any atom is 0.240 e. The van der Waals surface area contributed by atoms with Gasteiger partial charge in [-0.2, -0.15) is 0 Å². The molecule has 1 aliphatic carbocycles.